The highest BCUT2D eigenvalue weighted by atomic mass is 35.5. The Morgan fingerprint density at radius 3 is 2.77 bits per heavy atom. The highest BCUT2D eigenvalue weighted by molar-refractivity contribution is 6.30. The molecule has 1 amide bonds. The average Bonchev–Trinajstić information content (AvgIpc) is 2.98. The minimum atomic E-state index is -0.352. The zero-order valence-corrected chi connectivity index (χ0v) is 17.9. The maximum absolute atomic E-state index is 12.2. The fourth-order valence-electron chi connectivity index (χ4n) is 3.38. The van der Waals surface area contributed by atoms with Crippen molar-refractivity contribution in [2.45, 2.75) is 19.8 Å². The minimum Gasteiger partial charge on any atom is -0.462 e. The van der Waals surface area contributed by atoms with Crippen molar-refractivity contribution in [3.63, 3.8) is 0 Å². The third kappa shape index (κ3) is 6.43. The van der Waals surface area contributed by atoms with Gasteiger partial charge in [0.15, 0.2) is 0 Å². The lowest BCUT2D eigenvalue weighted by molar-refractivity contribution is -0.116. The van der Waals surface area contributed by atoms with E-state index in [-0.39, 0.29) is 11.9 Å². The molecular formula is C22H27ClN4O3. The lowest BCUT2D eigenvalue weighted by atomic mass is 10.2. The van der Waals surface area contributed by atoms with Gasteiger partial charge in [-0.15, -0.1) is 0 Å². The first-order valence-corrected chi connectivity index (χ1v) is 10.6. The van der Waals surface area contributed by atoms with Crippen LogP contribution in [0.25, 0.3) is 0 Å². The number of pyridine rings is 1. The van der Waals surface area contributed by atoms with Gasteiger partial charge >= 0.3 is 5.97 Å². The van der Waals surface area contributed by atoms with Gasteiger partial charge in [-0.25, -0.2) is 9.78 Å². The molecule has 2 heterocycles. The number of amides is 1. The quantitative estimate of drug-likeness (QED) is 0.678. The highest BCUT2D eigenvalue weighted by Gasteiger charge is 2.17. The molecule has 1 fully saturated rings. The van der Waals surface area contributed by atoms with Gasteiger partial charge in [0.25, 0.3) is 0 Å². The van der Waals surface area contributed by atoms with Crippen LogP contribution in [0, 0.1) is 0 Å². The molecule has 1 N–H and O–H groups in total. The number of hydrogen-bond donors (Lipinski definition) is 1. The van der Waals surface area contributed by atoms with Crippen LogP contribution in [0.5, 0.6) is 0 Å². The van der Waals surface area contributed by atoms with Gasteiger partial charge in [0, 0.05) is 49.5 Å². The molecule has 1 aliphatic rings. The van der Waals surface area contributed by atoms with E-state index in [0.717, 1.165) is 38.4 Å². The van der Waals surface area contributed by atoms with E-state index in [4.69, 9.17) is 16.3 Å². The molecule has 0 aliphatic carbocycles. The topological polar surface area (TPSA) is 74.8 Å². The number of carbonyl (C=O) groups is 2. The monoisotopic (exact) mass is 430 g/mol. The number of nitrogens with zero attached hydrogens (tertiary/aromatic N) is 3. The smallest absolute Gasteiger partial charge is 0.339 e. The Morgan fingerprint density at radius 1 is 1.17 bits per heavy atom. The summed E-state index contributed by atoms with van der Waals surface area (Å²) >= 11 is 5.96. The number of aromatic nitrogens is 1. The molecule has 1 aromatic carbocycles. The Morgan fingerprint density at radius 2 is 2.03 bits per heavy atom. The molecule has 8 heteroatoms. The van der Waals surface area contributed by atoms with Crippen LogP contribution in [-0.4, -0.2) is 61.1 Å². The summed E-state index contributed by atoms with van der Waals surface area (Å²) in [6.45, 7) is 6.32. The van der Waals surface area contributed by atoms with Crippen molar-refractivity contribution >= 4 is 35.0 Å². The summed E-state index contributed by atoms with van der Waals surface area (Å²) in [5, 5.41) is 3.49. The van der Waals surface area contributed by atoms with Crippen molar-refractivity contribution in [2.24, 2.45) is 0 Å². The Hall–Kier alpha value is -2.64. The molecule has 0 atom stereocenters. The zero-order chi connectivity index (χ0) is 21.3. The fraction of sp³-hybridized carbons (Fsp3) is 0.409. The third-order valence-corrected chi connectivity index (χ3v) is 5.17. The van der Waals surface area contributed by atoms with Crippen LogP contribution in [0.1, 0.15) is 30.1 Å². The van der Waals surface area contributed by atoms with Gasteiger partial charge in [-0.3, -0.25) is 4.79 Å². The second-order valence-electron chi connectivity index (χ2n) is 7.12. The molecule has 0 radical (unpaired) electrons. The third-order valence-electron chi connectivity index (χ3n) is 4.93. The largest absolute Gasteiger partial charge is 0.462 e. The molecule has 2 aromatic rings. The van der Waals surface area contributed by atoms with Crippen molar-refractivity contribution in [1.82, 2.24) is 9.88 Å². The Kier molecular flexibility index (Phi) is 8.04. The van der Waals surface area contributed by atoms with Gasteiger partial charge in [0.05, 0.1) is 12.2 Å². The number of anilines is 2. The van der Waals surface area contributed by atoms with Crippen LogP contribution in [0.3, 0.4) is 0 Å². The number of benzene rings is 1. The molecule has 3 rings (SSSR count). The van der Waals surface area contributed by atoms with Gasteiger partial charge in [0.2, 0.25) is 5.91 Å². The van der Waals surface area contributed by atoms with Crippen molar-refractivity contribution in [1.29, 1.82) is 0 Å². The summed E-state index contributed by atoms with van der Waals surface area (Å²) < 4.78 is 5.00. The van der Waals surface area contributed by atoms with Crippen LogP contribution < -0.4 is 10.2 Å². The highest BCUT2D eigenvalue weighted by Crippen LogP contribution is 2.16. The minimum absolute atomic E-state index is 0.0189. The summed E-state index contributed by atoms with van der Waals surface area (Å²) in [5.74, 6) is 0.479. The SMILES string of the molecule is CCOC(=O)c1ccc(N2CCCN(CCC(=O)Nc3cccc(Cl)c3)CC2)nc1. The van der Waals surface area contributed by atoms with E-state index in [9.17, 15) is 9.59 Å². The second-order valence-corrected chi connectivity index (χ2v) is 7.55. The summed E-state index contributed by atoms with van der Waals surface area (Å²) in [7, 11) is 0. The Bertz CT molecular complexity index is 860. The molecule has 0 unspecified atom stereocenters. The molecule has 160 valence electrons. The molecular weight excluding hydrogens is 404 g/mol. The van der Waals surface area contributed by atoms with E-state index >= 15 is 0 Å². The maximum atomic E-state index is 12.2. The number of esters is 1. The van der Waals surface area contributed by atoms with Crippen molar-refractivity contribution in [3.05, 3.63) is 53.2 Å². The van der Waals surface area contributed by atoms with Crippen LogP contribution in [-0.2, 0) is 9.53 Å². The predicted octanol–water partition coefficient (Wildman–Crippen LogP) is 3.45. The van der Waals surface area contributed by atoms with Crippen molar-refractivity contribution in [2.75, 3.05) is 49.5 Å². The summed E-state index contributed by atoms with van der Waals surface area (Å²) in [4.78, 5) is 32.9. The van der Waals surface area contributed by atoms with E-state index in [1.54, 1.807) is 31.3 Å². The maximum Gasteiger partial charge on any atom is 0.339 e. The Labute approximate surface area is 182 Å². The van der Waals surface area contributed by atoms with Gasteiger partial charge in [0.1, 0.15) is 5.82 Å². The Balaban J connectivity index is 1.46. The first-order chi connectivity index (χ1) is 14.5. The first kappa shape index (κ1) is 22.1. The standard InChI is InChI=1S/C22H27ClN4O3/c1-2-30-22(29)17-7-8-20(24-16-17)27-11-4-10-26(13-14-27)12-9-21(28)25-19-6-3-5-18(23)15-19/h3,5-8,15-16H,2,4,9-14H2,1H3,(H,25,28). The number of halogens is 1. The van der Waals surface area contributed by atoms with Crippen molar-refractivity contribution < 1.29 is 14.3 Å². The van der Waals surface area contributed by atoms with Gasteiger partial charge < -0.3 is 19.9 Å². The number of hydrogen-bond acceptors (Lipinski definition) is 6. The number of nitrogens with one attached hydrogen (secondary N) is 1. The molecule has 30 heavy (non-hydrogen) atoms. The van der Waals surface area contributed by atoms with Crippen LogP contribution in [0.2, 0.25) is 5.02 Å². The van der Waals surface area contributed by atoms with E-state index in [2.05, 4.69) is 20.1 Å². The van der Waals surface area contributed by atoms with Crippen molar-refractivity contribution in [3.8, 4) is 0 Å². The molecule has 0 saturated carbocycles. The molecule has 0 spiro atoms. The van der Waals surface area contributed by atoms with Gasteiger partial charge in [-0.1, -0.05) is 17.7 Å². The zero-order valence-electron chi connectivity index (χ0n) is 17.1. The van der Waals surface area contributed by atoms with Gasteiger partial charge in [-0.2, -0.15) is 0 Å². The summed E-state index contributed by atoms with van der Waals surface area (Å²) in [6, 6.07) is 10.8. The molecule has 7 nitrogen and oxygen atoms in total. The predicted molar refractivity (Wildman–Crippen MR) is 118 cm³/mol. The second kappa shape index (κ2) is 10.9. The molecule has 1 aliphatic heterocycles. The first-order valence-electron chi connectivity index (χ1n) is 10.2. The van der Waals surface area contributed by atoms with E-state index in [0.29, 0.717) is 35.8 Å². The normalized spacial score (nSPS) is 14.8. The van der Waals surface area contributed by atoms with Crippen LogP contribution in [0.15, 0.2) is 42.6 Å². The molecule has 1 saturated heterocycles. The lowest BCUT2D eigenvalue weighted by Gasteiger charge is -2.22. The van der Waals surface area contributed by atoms with Crippen LogP contribution in [0.4, 0.5) is 11.5 Å². The molecule has 1 aromatic heterocycles. The number of ether oxygens (including phenoxy) is 1. The average molecular weight is 431 g/mol. The van der Waals surface area contributed by atoms with E-state index in [1.165, 1.54) is 0 Å². The van der Waals surface area contributed by atoms with Gasteiger partial charge in [-0.05, 0) is 50.2 Å². The number of carbonyl (C=O) groups excluding carboxylic acids is 2. The van der Waals surface area contributed by atoms with E-state index in [1.807, 2.05) is 18.2 Å². The van der Waals surface area contributed by atoms with E-state index < -0.39 is 0 Å². The van der Waals surface area contributed by atoms with Crippen LogP contribution >= 0.6 is 11.6 Å². The number of rotatable bonds is 7. The fourth-order valence-corrected chi connectivity index (χ4v) is 3.57. The summed E-state index contributed by atoms with van der Waals surface area (Å²) in [5.41, 5.74) is 1.18. The summed E-state index contributed by atoms with van der Waals surface area (Å²) in [6.07, 6.45) is 2.98. The molecule has 0 bridgehead atoms. The lowest BCUT2D eigenvalue weighted by Crippen LogP contribution is -2.33.